The lowest BCUT2D eigenvalue weighted by atomic mass is 10.1. The van der Waals surface area contributed by atoms with Gasteiger partial charge in [-0.15, -0.1) is 0 Å². The number of unbranched alkanes of at least 4 members (excludes halogenated alkanes) is 1. The molecule has 0 aliphatic carbocycles. The number of aromatic nitrogens is 2. The van der Waals surface area contributed by atoms with Gasteiger partial charge in [0, 0.05) is 11.3 Å². The molecule has 1 aromatic rings. The lowest BCUT2D eigenvalue weighted by Crippen LogP contribution is -2.01. The third kappa shape index (κ3) is 2.08. The predicted molar refractivity (Wildman–Crippen MR) is 48.9 cm³/mol. The van der Waals surface area contributed by atoms with Crippen LogP contribution in [0.15, 0.2) is 0 Å². The van der Waals surface area contributed by atoms with Crippen LogP contribution in [0, 0.1) is 6.92 Å². The number of aromatic amines is 1. The highest BCUT2D eigenvalue weighted by atomic mass is 16.4. The molecule has 0 amide bonds. The van der Waals surface area contributed by atoms with E-state index in [0.717, 1.165) is 30.5 Å². The molecular weight excluding hydrogens is 168 g/mol. The van der Waals surface area contributed by atoms with Gasteiger partial charge in [0.25, 0.3) is 0 Å². The summed E-state index contributed by atoms with van der Waals surface area (Å²) in [7, 11) is 0. The van der Waals surface area contributed by atoms with Gasteiger partial charge in [0.15, 0.2) is 5.69 Å². The van der Waals surface area contributed by atoms with Crippen molar-refractivity contribution in [1.82, 2.24) is 10.2 Å². The Morgan fingerprint density at radius 1 is 1.62 bits per heavy atom. The summed E-state index contributed by atoms with van der Waals surface area (Å²) >= 11 is 0. The Morgan fingerprint density at radius 3 is 2.85 bits per heavy atom. The zero-order valence-electron chi connectivity index (χ0n) is 7.92. The molecule has 0 atom stereocenters. The minimum atomic E-state index is -0.949. The van der Waals surface area contributed by atoms with Gasteiger partial charge in [0.05, 0.1) is 0 Å². The summed E-state index contributed by atoms with van der Waals surface area (Å²) in [6.45, 7) is 3.93. The van der Waals surface area contributed by atoms with Crippen LogP contribution < -0.4 is 0 Å². The smallest absolute Gasteiger partial charge is 0.356 e. The molecule has 0 saturated carbocycles. The maximum atomic E-state index is 10.7. The fraction of sp³-hybridized carbons (Fsp3) is 0.556. The molecule has 0 unspecified atom stereocenters. The van der Waals surface area contributed by atoms with Crippen molar-refractivity contribution in [3.63, 3.8) is 0 Å². The van der Waals surface area contributed by atoms with Crippen molar-refractivity contribution in [2.45, 2.75) is 33.1 Å². The Morgan fingerprint density at radius 2 is 2.31 bits per heavy atom. The van der Waals surface area contributed by atoms with E-state index in [9.17, 15) is 4.79 Å². The van der Waals surface area contributed by atoms with E-state index < -0.39 is 5.97 Å². The average molecular weight is 182 g/mol. The molecule has 0 aromatic carbocycles. The van der Waals surface area contributed by atoms with E-state index in [-0.39, 0.29) is 5.69 Å². The second kappa shape index (κ2) is 4.07. The molecule has 0 saturated heterocycles. The van der Waals surface area contributed by atoms with E-state index in [0.29, 0.717) is 0 Å². The van der Waals surface area contributed by atoms with Crippen LogP contribution in [0.2, 0.25) is 0 Å². The van der Waals surface area contributed by atoms with Gasteiger partial charge >= 0.3 is 5.97 Å². The maximum absolute atomic E-state index is 10.7. The molecule has 1 aromatic heterocycles. The second-order valence-electron chi connectivity index (χ2n) is 3.08. The van der Waals surface area contributed by atoms with Crippen LogP contribution in [0.25, 0.3) is 0 Å². The van der Waals surface area contributed by atoms with Crippen molar-refractivity contribution in [1.29, 1.82) is 0 Å². The number of carboxylic acid groups (broad SMARTS) is 1. The highest BCUT2D eigenvalue weighted by molar-refractivity contribution is 5.87. The van der Waals surface area contributed by atoms with Crippen molar-refractivity contribution in [3.05, 3.63) is 17.0 Å². The number of hydrogen-bond donors (Lipinski definition) is 2. The van der Waals surface area contributed by atoms with Crippen LogP contribution in [0.3, 0.4) is 0 Å². The topological polar surface area (TPSA) is 66.0 Å². The number of rotatable bonds is 4. The lowest BCUT2D eigenvalue weighted by Gasteiger charge is -1.98. The number of carbonyl (C=O) groups is 1. The van der Waals surface area contributed by atoms with E-state index in [1.807, 2.05) is 6.92 Å². The molecule has 1 rings (SSSR count). The summed E-state index contributed by atoms with van der Waals surface area (Å²) in [6, 6.07) is 0. The molecule has 0 aliphatic heterocycles. The molecule has 13 heavy (non-hydrogen) atoms. The van der Waals surface area contributed by atoms with Gasteiger partial charge in [0.1, 0.15) is 0 Å². The third-order valence-corrected chi connectivity index (χ3v) is 2.06. The second-order valence-corrected chi connectivity index (χ2v) is 3.08. The van der Waals surface area contributed by atoms with Crippen molar-refractivity contribution >= 4 is 5.97 Å². The van der Waals surface area contributed by atoms with Crippen LogP contribution >= 0.6 is 0 Å². The van der Waals surface area contributed by atoms with Crippen LogP contribution in [0.4, 0.5) is 0 Å². The predicted octanol–water partition coefficient (Wildman–Crippen LogP) is 1.76. The number of aryl methyl sites for hydroxylation is 1. The minimum Gasteiger partial charge on any atom is -0.476 e. The van der Waals surface area contributed by atoms with Crippen LogP contribution in [0.1, 0.15) is 41.5 Å². The Kier molecular flexibility index (Phi) is 3.06. The van der Waals surface area contributed by atoms with E-state index >= 15 is 0 Å². The number of aromatic carboxylic acids is 1. The van der Waals surface area contributed by atoms with E-state index in [2.05, 4.69) is 17.1 Å². The summed E-state index contributed by atoms with van der Waals surface area (Å²) in [5.41, 5.74) is 1.88. The van der Waals surface area contributed by atoms with Gasteiger partial charge in [-0.2, -0.15) is 5.10 Å². The molecule has 0 aliphatic rings. The molecule has 0 bridgehead atoms. The van der Waals surface area contributed by atoms with Gasteiger partial charge in [-0.25, -0.2) is 4.79 Å². The first-order chi connectivity index (χ1) is 6.16. The highest BCUT2D eigenvalue weighted by Gasteiger charge is 2.15. The number of nitrogens with zero attached hydrogens (tertiary/aromatic N) is 1. The Bertz CT molecular complexity index is 305. The first kappa shape index (κ1) is 9.77. The first-order valence-corrected chi connectivity index (χ1v) is 4.44. The number of hydrogen-bond acceptors (Lipinski definition) is 2. The van der Waals surface area contributed by atoms with Gasteiger partial charge in [0.2, 0.25) is 0 Å². The van der Waals surface area contributed by atoms with Gasteiger partial charge in [-0.05, 0) is 19.8 Å². The maximum Gasteiger partial charge on any atom is 0.356 e. The Labute approximate surface area is 77.0 Å². The SMILES string of the molecule is CCCCc1c(C(=O)O)n[nH]c1C. The van der Waals surface area contributed by atoms with Gasteiger partial charge in [-0.1, -0.05) is 13.3 Å². The molecule has 0 spiro atoms. The Balaban J connectivity index is 2.88. The van der Waals surface area contributed by atoms with E-state index in [1.165, 1.54) is 0 Å². The standard InChI is InChI=1S/C9H14N2O2/c1-3-4-5-7-6(2)10-11-8(7)9(12)13/h3-5H2,1-2H3,(H,10,11)(H,12,13). The largest absolute Gasteiger partial charge is 0.476 e. The zero-order chi connectivity index (χ0) is 9.84. The van der Waals surface area contributed by atoms with Gasteiger partial charge < -0.3 is 5.11 Å². The fourth-order valence-electron chi connectivity index (χ4n) is 1.29. The molecule has 72 valence electrons. The minimum absolute atomic E-state index is 0.172. The molecule has 4 nitrogen and oxygen atoms in total. The number of carboxylic acids is 1. The van der Waals surface area contributed by atoms with E-state index in [4.69, 9.17) is 5.11 Å². The van der Waals surface area contributed by atoms with Crippen LogP contribution in [-0.2, 0) is 6.42 Å². The number of nitrogens with one attached hydrogen (secondary N) is 1. The summed E-state index contributed by atoms with van der Waals surface area (Å²) in [5, 5.41) is 15.2. The van der Waals surface area contributed by atoms with E-state index in [1.54, 1.807) is 0 Å². The molecule has 0 fully saturated rings. The Hall–Kier alpha value is -1.32. The number of H-pyrrole nitrogens is 1. The fourth-order valence-corrected chi connectivity index (χ4v) is 1.29. The van der Waals surface area contributed by atoms with Crippen molar-refractivity contribution < 1.29 is 9.90 Å². The highest BCUT2D eigenvalue weighted by Crippen LogP contribution is 2.13. The first-order valence-electron chi connectivity index (χ1n) is 4.44. The van der Waals surface area contributed by atoms with Crippen LogP contribution in [-0.4, -0.2) is 21.3 Å². The molecule has 2 N–H and O–H groups in total. The molecule has 0 radical (unpaired) electrons. The third-order valence-electron chi connectivity index (χ3n) is 2.06. The van der Waals surface area contributed by atoms with Gasteiger partial charge in [-0.3, -0.25) is 5.10 Å². The summed E-state index contributed by atoms with van der Waals surface area (Å²) in [5.74, 6) is -0.949. The summed E-state index contributed by atoms with van der Waals surface area (Å²) in [4.78, 5) is 10.7. The summed E-state index contributed by atoms with van der Waals surface area (Å²) in [6.07, 6.45) is 2.85. The average Bonchev–Trinajstić information content (AvgIpc) is 2.43. The van der Waals surface area contributed by atoms with Crippen LogP contribution in [0.5, 0.6) is 0 Å². The molecule has 4 heteroatoms. The van der Waals surface area contributed by atoms with Crippen molar-refractivity contribution in [2.24, 2.45) is 0 Å². The lowest BCUT2D eigenvalue weighted by molar-refractivity contribution is 0.0689. The summed E-state index contributed by atoms with van der Waals surface area (Å²) < 4.78 is 0. The van der Waals surface area contributed by atoms with Crippen molar-refractivity contribution in [3.8, 4) is 0 Å². The molecule has 1 heterocycles. The molecular formula is C9H14N2O2. The normalized spacial score (nSPS) is 10.3. The zero-order valence-corrected chi connectivity index (χ0v) is 7.92. The van der Waals surface area contributed by atoms with Crippen molar-refractivity contribution in [2.75, 3.05) is 0 Å². The quantitative estimate of drug-likeness (QED) is 0.745. The monoisotopic (exact) mass is 182 g/mol.